The van der Waals surface area contributed by atoms with Gasteiger partial charge < -0.3 is 15.8 Å². The van der Waals surface area contributed by atoms with Crippen molar-refractivity contribution in [1.82, 2.24) is 15.4 Å². The highest BCUT2D eigenvalue weighted by Crippen LogP contribution is 2.21. The van der Waals surface area contributed by atoms with Gasteiger partial charge in [-0.05, 0) is 31.0 Å². The first kappa shape index (κ1) is 14.7. The molecule has 108 valence electrons. The summed E-state index contributed by atoms with van der Waals surface area (Å²) < 4.78 is 5.23. The largest absolute Gasteiger partial charge is 0.381 e. The summed E-state index contributed by atoms with van der Waals surface area (Å²) in [5.74, 6) is -0.182. The number of anilines is 1. The fourth-order valence-electron chi connectivity index (χ4n) is 2.14. The normalized spacial score (nSPS) is 17.4. The van der Waals surface area contributed by atoms with E-state index < -0.39 is 5.54 Å². The monoisotopic (exact) mass is 297 g/mol. The van der Waals surface area contributed by atoms with Gasteiger partial charge in [0.1, 0.15) is 16.6 Å². The van der Waals surface area contributed by atoms with Crippen LogP contribution >= 0.6 is 12.4 Å². The molecular formula is C12H16ClN5O2. The van der Waals surface area contributed by atoms with Crippen LogP contribution in [-0.4, -0.2) is 40.1 Å². The summed E-state index contributed by atoms with van der Waals surface area (Å²) >= 11 is 0. The molecule has 1 aromatic heterocycles. The topological polar surface area (TPSA) is 106 Å². The van der Waals surface area contributed by atoms with E-state index in [1.54, 1.807) is 18.2 Å². The lowest BCUT2D eigenvalue weighted by Gasteiger charge is -2.31. The zero-order chi connectivity index (χ0) is 13.3. The number of ether oxygens (including phenoxy) is 1. The van der Waals surface area contributed by atoms with Crippen LogP contribution in [0.5, 0.6) is 0 Å². The van der Waals surface area contributed by atoms with Gasteiger partial charge >= 0.3 is 0 Å². The first-order valence-electron chi connectivity index (χ1n) is 6.16. The second kappa shape index (κ2) is 5.74. The predicted octanol–water partition coefficient (Wildman–Crippen LogP) is 0.826. The fraction of sp³-hybridized carbons (Fsp3) is 0.417. The average Bonchev–Trinajstić information content (AvgIpc) is 2.87. The molecule has 0 atom stereocenters. The highest BCUT2D eigenvalue weighted by atomic mass is 35.5. The fourth-order valence-corrected chi connectivity index (χ4v) is 2.14. The highest BCUT2D eigenvalue weighted by molar-refractivity contribution is 5.99. The third-order valence-electron chi connectivity index (χ3n) is 3.41. The summed E-state index contributed by atoms with van der Waals surface area (Å²) in [6.45, 7) is 1.04. The molecule has 0 bridgehead atoms. The zero-order valence-corrected chi connectivity index (χ0v) is 11.6. The lowest BCUT2D eigenvalue weighted by atomic mass is 9.90. The van der Waals surface area contributed by atoms with E-state index in [0.717, 1.165) is 5.52 Å². The van der Waals surface area contributed by atoms with Crippen molar-refractivity contribution in [2.45, 2.75) is 18.4 Å². The van der Waals surface area contributed by atoms with Crippen molar-refractivity contribution >= 4 is 35.0 Å². The first-order chi connectivity index (χ1) is 9.17. The zero-order valence-electron chi connectivity index (χ0n) is 10.8. The molecule has 8 heteroatoms. The molecule has 0 unspecified atom stereocenters. The van der Waals surface area contributed by atoms with Crippen molar-refractivity contribution in [3.63, 3.8) is 0 Å². The smallest absolute Gasteiger partial charge is 0.244 e. The number of aromatic amines is 1. The lowest BCUT2D eigenvalue weighted by molar-refractivity contribution is -0.124. The number of nitrogens with zero attached hydrogens (tertiary/aromatic N) is 2. The summed E-state index contributed by atoms with van der Waals surface area (Å²) in [4.78, 5) is 12.2. The molecule has 1 aromatic carbocycles. The summed E-state index contributed by atoms with van der Waals surface area (Å²) in [5, 5.41) is 13.3. The summed E-state index contributed by atoms with van der Waals surface area (Å²) in [6, 6.07) is 5.34. The van der Waals surface area contributed by atoms with Gasteiger partial charge in [-0.25, -0.2) is 0 Å². The van der Waals surface area contributed by atoms with Crippen LogP contribution in [-0.2, 0) is 9.53 Å². The SMILES string of the molecule is Cl.NC1(C(=O)Nc2ccc3n[nH]nc3c2)CCOCC1. The molecule has 2 heterocycles. The second-order valence-corrected chi connectivity index (χ2v) is 4.75. The van der Waals surface area contributed by atoms with Crippen LogP contribution in [0, 0.1) is 0 Å². The van der Waals surface area contributed by atoms with Crippen molar-refractivity contribution < 1.29 is 9.53 Å². The number of amides is 1. The molecule has 2 aromatic rings. The molecule has 4 N–H and O–H groups in total. The number of carbonyl (C=O) groups is 1. The van der Waals surface area contributed by atoms with Crippen LogP contribution in [0.4, 0.5) is 5.69 Å². The maximum absolute atomic E-state index is 12.2. The Kier molecular flexibility index (Phi) is 4.22. The summed E-state index contributed by atoms with van der Waals surface area (Å²) in [5.41, 5.74) is 7.40. The number of benzene rings is 1. The maximum atomic E-state index is 12.2. The van der Waals surface area contributed by atoms with E-state index in [4.69, 9.17) is 10.5 Å². The van der Waals surface area contributed by atoms with Gasteiger partial charge in [-0.2, -0.15) is 15.4 Å². The van der Waals surface area contributed by atoms with Crippen LogP contribution in [0.3, 0.4) is 0 Å². The quantitative estimate of drug-likeness (QED) is 0.761. The van der Waals surface area contributed by atoms with E-state index in [9.17, 15) is 4.79 Å². The Labute approximate surface area is 121 Å². The van der Waals surface area contributed by atoms with Crippen LogP contribution in [0.25, 0.3) is 11.0 Å². The molecular weight excluding hydrogens is 282 g/mol. The molecule has 20 heavy (non-hydrogen) atoms. The van der Waals surface area contributed by atoms with Crippen LogP contribution in [0.15, 0.2) is 18.2 Å². The number of halogens is 1. The Hall–Kier alpha value is -1.70. The minimum atomic E-state index is -0.850. The Morgan fingerprint density at radius 1 is 1.30 bits per heavy atom. The number of H-pyrrole nitrogens is 1. The van der Waals surface area contributed by atoms with Crippen LogP contribution < -0.4 is 11.1 Å². The minimum absolute atomic E-state index is 0. The molecule has 1 aliphatic heterocycles. The molecule has 0 aliphatic carbocycles. The Morgan fingerprint density at radius 3 is 2.75 bits per heavy atom. The Balaban J connectivity index is 0.00000147. The molecule has 1 fully saturated rings. The lowest BCUT2D eigenvalue weighted by Crippen LogP contribution is -2.54. The van der Waals surface area contributed by atoms with Crippen LogP contribution in [0.2, 0.25) is 0 Å². The average molecular weight is 298 g/mol. The van der Waals surface area contributed by atoms with Gasteiger partial charge in [0.2, 0.25) is 5.91 Å². The number of fused-ring (bicyclic) bond motifs is 1. The molecule has 0 spiro atoms. The van der Waals surface area contributed by atoms with E-state index in [1.807, 2.05) is 0 Å². The van der Waals surface area contributed by atoms with Crippen molar-refractivity contribution in [2.75, 3.05) is 18.5 Å². The van der Waals surface area contributed by atoms with Crippen LogP contribution in [0.1, 0.15) is 12.8 Å². The number of aromatic nitrogens is 3. The van der Waals surface area contributed by atoms with Crippen molar-refractivity contribution in [3.05, 3.63) is 18.2 Å². The van der Waals surface area contributed by atoms with Crippen molar-refractivity contribution in [3.8, 4) is 0 Å². The van der Waals surface area contributed by atoms with Gasteiger partial charge in [0.05, 0.1) is 0 Å². The third-order valence-corrected chi connectivity index (χ3v) is 3.41. The number of hydrogen-bond donors (Lipinski definition) is 3. The van der Waals surface area contributed by atoms with E-state index >= 15 is 0 Å². The predicted molar refractivity (Wildman–Crippen MR) is 76.7 cm³/mol. The number of carbonyl (C=O) groups excluding carboxylic acids is 1. The highest BCUT2D eigenvalue weighted by Gasteiger charge is 2.35. The molecule has 7 nitrogen and oxygen atoms in total. The summed E-state index contributed by atoms with van der Waals surface area (Å²) in [6.07, 6.45) is 1.07. The van der Waals surface area contributed by atoms with Gasteiger partial charge in [0, 0.05) is 18.9 Å². The van der Waals surface area contributed by atoms with E-state index in [2.05, 4.69) is 20.7 Å². The molecule has 1 saturated heterocycles. The van der Waals surface area contributed by atoms with Gasteiger partial charge in [0.15, 0.2) is 0 Å². The van der Waals surface area contributed by atoms with Gasteiger partial charge in [-0.1, -0.05) is 0 Å². The summed E-state index contributed by atoms with van der Waals surface area (Å²) in [7, 11) is 0. The van der Waals surface area contributed by atoms with E-state index in [0.29, 0.717) is 37.3 Å². The van der Waals surface area contributed by atoms with Gasteiger partial charge in [-0.15, -0.1) is 12.4 Å². The van der Waals surface area contributed by atoms with Crippen molar-refractivity contribution in [2.24, 2.45) is 5.73 Å². The number of nitrogens with two attached hydrogens (primary N) is 1. The molecule has 1 amide bonds. The van der Waals surface area contributed by atoms with E-state index in [-0.39, 0.29) is 18.3 Å². The Morgan fingerprint density at radius 2 is 2.00 bits per heavy atom. The number of nitrogens with one attached hydrogen (secondary N) is 2. The first-order valence-corrected chi connectivity index (χ1v) is 6.16. The van der Waals surface area contributed by atoms with E-state index in [1.165, 1.54) is 0 Å². The molecule has 1 aliphatic rings. The molecule has 0 saturated carbocycles. The second-order valence-electron chi connectivity index (χ2n) is 4.75. The van der Waals surface area contributed by atoms with Crippen molar-refractivity contribution in [1.29, 1.82) is 0 Å². The number of rotatable bonds is 2. The Bertz CT molecular complexity index is 609. The van der Waals surface area contributed by atoms with Gasteiger partial charge in [-0.3, -0.25) is 4.79 Å². The number of hydrogen-bond acceptors (Lipinski definition) is 5. The van der Waals surface area contributed by atoms with Gasteiger partial charge in [0.25, 0.3) is 0 Å². The standard InChI is InChI=1S/C12H15N5O2.ClH/c13-12(3-5-19-6-4-12)11(18)14-8-1-2-9-10(7-8)16-17-15-9;/h1-2,7H,3-6,13H2,(H,14,18)(H,15,16,17);1H. The third kappa shape index (κ3) is 2.74. The molecule has 0 radical (unpaired) electrons. The minimum Gasteiger partial charge on any atom is -0.381 e. The molecule has 3 rings (SSSR count). The maximum Gasteiger partial charge on any atom is 0.244 e.